The van der Waals surface area contributed by atoms with E-state index in [1.165, 1.54) is 21.6 Å². The molecule has 0 spiro atoms. The van der Waals surface area contributed by atoms with Gasteiger partial charge in [0.1, 0.15) is 16.9 Å². The number of thiophene rings is 1. The number of carbonyl (C=O) groups excluding carboxylic acids is 1. The van der Waals surface area contributed by atoms with Crippen molar-refractivity contribution in [2.45, 2.75) is 60.3 Å². The lowest BCUT2D eigenvalue weighted by molar-refractivity contribution is 0.102. The van der Waals surface area contributed by atoms with Gasteiger partial charge in [-0.25, -0.2) is 4.98 Å². The summed E-state index contributed by atoms with van der Waals surface area (Å²) in [6, 6.07) is 16.5. The van der Waals surface area contributed by atoms with Crippen molar-refractivity contribution in [3.63, 3.8) is 0 Å². The molecule has 41 heavy (non-hydrogen) atoms. The van der Waals surface area contributed by atoms with Gasteiger partial charge >= 0.3 is 0 Å². The number of nitriles is 1. The van der Waals surface area contributed by atoms with Crippen LogP contribution in [0.15, 0.2) is 42.5 Å². The van der Waals surface area contributed by atoms with Gasteiger partial charge in [-0.3, -0.25) is 4.79 Å². The molecule has 2 N–H and O–H groups in total. The fraction of sp³-hybridized carbons (Fsp3) is 0.265. The van der Waals surface area contributed by atoms with E-state index in [-0.39, 0.29) is 5.91 Å². The fourth-order valence-electron chi connectivity index (χ4n) is 5.73. The van der Waals surface area contributed by atoms with Gasteiger partial charge in [0.25, 0.3) is 5.91 Å². The van der Waals surface area contributed by atoms with Crippen molar-refractivity contribution in [1.82, 2.24) is 14.5 Å². The summed E-state index contributed by atoms with van der Waals surface area (Å²) in [5.74, 6) is 0.487. The van der Waals surface area contributed by atoms with Crippen molar-refractivity contribution in [2.75, 3.05) is 5.32 Å². The van der Waals surface area contributed by atoms with E-state index in [4.69, 9.17) is 4.98 Å². The second-order valence-corrected chi connectivity index (χ2v) is 12.2. The molecule has 206 valence electrons. The summed E-state index contributed by atoms with van der Waals surface area (Å²) < 4.78 is 2.18. The molecular weight excluding hydrogens is 526 g/mol. The standard InChI is InChI=1S/C34H33N5OS/c1-19-10-12-26(13-11-19)36-33(40)31-27-8-6-7-9-30(27)41-34(31)39-22(4)16-24(23(39)5)17-25(18-35)32-37-28-14-20(2)21(3)15-29(28)38-32/h10-17H,6-9H2,1-5H3,(H,36,40)(H,37,38)/b25-17-. The molecule has 5 aromatic rings. The Morgan fingerprint density at radius 2 is 1.78 bits per heavy atom. The van der Waals surface area contributed by atoms with Crippen molar-refractivity contribution < 1.29 is 4.79 Å². The van der Waals surface area contributed by atoms with Crippen LogP contribution in [0.5, 0.6) is 0 Å². The minimum atomic E-state index is -0.0709. The van der Waals surface area contributed by atoms with E-state index in [1.54, 1.807) is 11.3 Å². The van der Waals surface area contributed by atoms with Gasteiger partial charge < -0.3 is 14.9 Å². The lowest BCUT2D eigenvalue weighted by atomic mass is 9.95. The Balaban J connectivity index is 1.42. The summed E-state index contributed by atoms with van der Waals surface area (Å²) in [4.78, 5) is 23.2. The van der Waals surface area contributed by atoms with Crippen LogP contribution in [-0.2, 0) is 12.8 Å². The van der Waals surface area contributed by atoms with Crippen LogP contribution in [0.25, 0.3) is 27.7 Å². The fourth-order valence-corrected chi connectivity index (χ4v) is 7.22. The quantitative estimate of drug-likeness (QED) is 0.213. The first-order valence-electron chi connectivity index (χ1n) is 14.0. The number of benzene rings is 2. The number of aromatic nitrogens is 3. The average molecular weight is 560 g/mol. The second kappa shape index (κ2) is 10.5. The molecule has 6 nitrogen and oxygen atoms in total. The largest absolute Gasteiger partial charge is 0.337 e. The van der Waals surface area contributed by atoms with E-state index in [0.29, 0.717) is 11.4 Å². The number of rotatable bonds is 5. The Labute approximate surface area is 244 Å². The van der Waals surface area contributed by atoms with Crippen LogP contribution in [0.3, 0.4) is 0 Å². The van der Waals surface area contributed by atoms with E-state index in [2.05, 4.69) is 60.8 Å². The summed E-state index contributed by atoms with van der Waals surface area (Å²) in [5.41, 5.74) is 11.4. The van der Waals surface area contributed by atoms with E-state index in [1.807, 2.05) is 43.3 Å². The molecule has 1 aliphatic carbocycles. The highest BCUT2D eigenvalue weighted by Gasteiger charge is 2.28. The Bertz CT molecular complexity index is 1850. The molecular formula is C34H33N5OS. The monoisotopic (exact) mass is 559 g/mol. The Morgan fingerprint density at radius 3 is 2.54 bits per heavy atom. The van der Waals surface area contributed by atoms with Crippen LogP contribution in [-0.4, -0.2) is 20.4 Å². The number of anilines is 1. The number of aryl methyl sites for hydroxylation is 5. The summed E-state index contributed by atoms with van der Waals surface area (Å²) in [5, 5.41) is 14.2. The number of fused-ring (bicyclic) bond motifs is 2. The average Bonchev–Trinajstić information content (AvgIpc) is 3.61. The number of nitrogens with one attached hydrogen (secondary N) is 2. The molecule has 0 saturated carbocycles. The topological polar surface area (TPSA) is 86.5 Å². The van der Waals surface area contributed by atoms with Crippen molar-refractivity contribution in [3.05, 3.63) is 97.9 Å². The van der Waals surface area contributed by atoms with E-state index < -0.39 is 0 Å². The number of hydrogen-bond acceptors (Lipinski definition) is 4. The normalized spacial score (nSPS) is 13.3. The highest BCUT2D eigenvalue weighted by atomic mass is 32.1. The van der Waals surface area contributed by atoms with Gasteiger partial charge in [-0.2, -0.15) is 5.26 Å². The predicted octanol–water partition coefficient (Wildman–Crippen LogP) is 8.15. The minimum Gasteiger partial charge on any atom is -0.337 e. The number of carbonyl (C=O) groups is 1. The molecule has 0 aliphatic heterocycles. The van der Waals surface area contributed by atoms with Crippen LogP contribution in [0, 0.1) is 45.9 Å². The Hall–Kier alpha value is -4.41. The molecule has 0 fully saturated rings. The maximum absolute atomic E-state index is 13.8. The van der Waals surface area contributed by atoms with Gasteiger partial charge in [-0.1, -0.05) is 17.7 Å². The lowest BCUT2D eigenvalue weighted by Gasteiger charge is -2.14. The number of aromatic amines is 1. The number of amides is 1. The number of imidazole rings is 1. The number of H-pyrrole nitrogens is 1. The zero-order valence-electron chi connectivity index (χ0n) is 24.1. The van der Waals surface area contributed by atoms with Crippen LogP contribution < -0.4 is 5.32 Å². The maximum atomic E-state index is 13.8. The van der Waals surface area contributed by atoms with E-state index in [0.717, 1.165) is 75.5 Å². The van der Waals surface area contributed by atoms with Crippen molar-refractivity contribution in [3.8, 4) is 11.1 Å². The SMILES string of the molecule is Cc1ccc(NC(=O)c2c(-n3c(C)cc(/C=C(/C#N)c4nc5cc(C)c(C)cc5[nH]4)c3C)sc3c2CCCC3)cc1. The second-order valence-electron chi connectivity index (χ2n) is 11.1. The van der Waals surface area contributed by atoms with Crippen LogP contribution in [0.1, 0.15) is 73.1 Å². The molecule has 3 heterocycles. The zero-order chi connectivity index (χ0) is 28.8. The number of nitrogens with zero attached hydrogens (tertiary/aromatic N) is 3. The third-order valence-electron chi connectivity index (χ3n) is 8.14. The first-order valence-corrected chi connectivity index (χ1v) is 14.9. The molecule has 2 aromatic carbocycles. The van der Waals surface area contributed by atoms with Gasteiger partial charge in [-0.05, 0) is 119 Å². The zero-order valence-corrected chi connectivity index (χ0v) is 24.9. The molecule has 7 heteroatoms. The minimum absolute atomic E-state index is 0.0709. The summed E-state index contributed by atoms with van der Waals surface area (Å²) >= 11 is 1.72. The molecule has 0 saturated heterocycles. The number of allylic oxidation sites excluding steroid dienone is 1. The molecule has 6 rings (SSSR count). The van der Waals surface area contributed by atoms with Gasteiger partial charge in [-0.15, -0.1) is 11.3 Å². The van der Waals surface area contributed by atoms with E-state index in [9.17, 15) is 10.1 Å². The van der Waals surface area contributed by atoms with Gasteiger partial charge in [0.2, 0.25) is 0 Å². The van der Waals surface area contributed by atoms with Gasteiger partial charge in [0.15, 0.2) is 0 Å². The summed E-state index contributed by atoms with van der Waals surface area (Å²) in [6.07, 6.45) is 6.05. The maximum Gasteiger partial charge on any atom is 0.258 e. The number of hydrogen-bond donors (Lipinski definition) is 2. The van der Waals surface area contributed by atoms with Crippen LogP contribution in [0.4, 0.5) is 5.69 Å². The van der Waals surface area contributed by atoms with Gasteiger partial charge in [0.05, 0.1) is 22.2 Å². The van der Waals surface area contributed by atoms with Gasteiger partial charge in [0, 0.05) is 22.0 Å². The highest BCUT2D eigenvalue weighted by molar-refractivity contribution is 7.15. The van der Waals surface area contributed by atoms with Crippen molar-refractivity contribution >= 4 is 45.6 Å². The molecule has 1 amide bonds. The summed E-state index contributed by atoms with van der Waals surface area (Å²) in [6.45, 7) is 10.3. The first kappa shape index (κ1) is 26.8. The van der Waals surface area contributed by atoms with Crippen LogP contribution in [0.2, 0.25) is 0 Å². The predicted molar refractivity (Wildman–Crippen MR) is 168 cm³/mol. The molecule has 0 bridgehead atoms. The molecule has 1 aliphatic rings. The molecule has 0 unspecified atom stereocenters. The highest BCUT2D eigenvalue weighted by Crippen LogP contribution is 2.39. The van der Waals surface area contributed by atoms with Crippen molar-refractivity contribution in [2.24, 2.45) is 0 Å². The Kier molecular flexibility index (Phi) is 6.88. The van der Waals surface area contributed by atoms with Crippen LogP contribution >= 0.6 is 11.3 Å². The third-order valence-corrected chi connectivity index (χ3v) is 9.41. The first-order chi connectivity index (χ1) is 19.7. The third kappa shape index (κ3) is 4.89. The van der Waals surface area contributed by atoms with Crippen molar-refractivity contribution in [1.29, 1.82) is 5.26 Å². The smallest absolute Gasteiger partial charge is 0.258 e. The molecule has 0 radical (unpaired) electrons. The lowest BCUT2D eigenvalue weighted by Crippen LogP contribution is -2.17. The Morgan fingerprint density at radius 1 is 1.05 bits per heavy atom. The summed E-state index contributed by atoms with van der Waals surface area (Å²) in [7, 11) is 0. The molecule has 3 aromatic heterocycles. The van der Waals surface area contributed by atoms with E-state index >= 15 is 0 Å². The molecule has 0 atom stereocenters.